The molecule has 0 aliphatic carbocycles. The minimum Gasteiger partial charge on any atom is -0.328 e. The molecule has 0 aromatic heterocycles. The minimum absolute atomic E-state index is 0.0903. The molecule has 0 aromatic carbocycles. The lowest BCUT2D eigenvalue weighted by Gasteiger charge is -2.33. The predicted octanol–water partition coefficient (Wildman–Crippen LogP) is -0.280. The molecule has 2 aliphatic heterocycles. The summed E-state index contributed by atoms with van der Waals surface area (Å²) >= 11 is 0. The quantitative estimate of drug-likeness (QED) is 0.655. The second kappa shape index (κ2) is 3.64. The van der Waals surface area contributed by atoms with Gasteiger partial charge in [0, 0.05) is 30.6 Å². The average Bonchev–Trinajstić information content (AvgIpc) is 2.47. The first-order chi connectivity index (χ1) is 6.57. The third-order valence-electron chi connectivity index (χ3n) is 2.95. The van der Waals surface area contributed by atoms with E-state index in [-0.39, 0.29) is 11.8 Å². The molecule has 5 heteroatoms. The van der Waals surface area contributed by atoms with E-state index < -0.39 is 9.84 Å². The zero-order valence-electron chi connectivity index (χ0n) is 8.09. The van der Waals surface area contributed by atoms with E-state index in [0.29, 0.717) is 6.04 Å². The number of sulfone groups is 1. The molecule has 0 amide bonds. The van der Waals surface area contributed by atoms with Gasteiger partial charge < -0.3 is 5.73 Å². The number of hydrogen-bond acceptors (Lipinski definition) is 4. The summed E-state index contributed by atoms with van der Waals surface area (Å²) in [6.45, 7) is 1.84. The maximum absolute atomic E-state index is 11.2. The smallest absolute Gasteiger partial charge is 0.173 e. The van der Waals surface area contributed by atoms with Crippen LogP contribution in [-0.4, -0.2) is 44.2 Å². The maximum atomic E-state index is 11.2. The van der Waals surface area contributed by atoms with Crippen LogP contribution in [0.3, 0.4) is 0 Å². The highest BCUT2D eigenvalue weighted by Gasteiger charge is 2.28. The van der Waals surface area contributed by atoms with E-state index in [4.69, 9.17) is 5.73 Å². The van der Waals surface area contributed by atoms with Gasteiger partial charge >= 0.3 is 0 Å². The lowest BCUT2D eigenvalue weighted by Crippen LogP contribution is -2.45. The van der Waals surface area contributed by atoms with Gasteiger partial charge in [0.15, 0.2) is 9.84 Å². The molecule has 1 unspecified atom stereocenters. The van der Waals surface area contributed by atoms with E-state index in [1.54, 1.807) is 6.08 Å². The zero-order chi connectivity index (χ0) is 10.2. The largest absolute Gasteiger partial charge is 0.328 e. The van der Waals surface area contributed by atoms with E-state index in [1.165, 1.54) is 5.41 Å². The van der Waals surface area contributed by atoms with Crippen molar-refractivity contribution >= 4 is 9.84 Å². The van der Waals surface area contributed by atoms with Crippen molar-refractivity contribution in [3.8, 4) is 0 Å². The van der Waals surface area contributed by atoms with Crippen LogP contribution in [0.5, 0.6) is 0 Å². The second-order valence-corrected chi connectivity index (χ2v) is 6.03. The summed E-state index contributed by atoms with van der Waals surface area (Å²) in [5.41, 5.74) is 5.79. The first kappa shape index (κ1) is 10.1. The molecule has 0 aromatic rings. The number of nitrogens with zero attached hydrogens (tertiary/aromatic N) is 1. The van der Waals surface area contributed by atoms with Crippen LogP contribution < -0.4 is 5.73 Å². The van der Waals surface area contributed by atoms with Crippen molar-refractivity contribution in [1.29, 1.82) is 0 Å². The highest BCUT2D eigenvalue weighted by Crippen LogP contribution is 2.18. The Morgan fingerprint density at radius 3 is 2.43 bits per heavy atom. The fraction of sp³-hybridized carbons (Fsp3) is 0.778. The van der Waals surface area contributed by atoms with Crippen LogP contribution in [0.15, 0.2) is 11.5 Å². The van der Waals surface area contributed by atoms with Gasteiger partial charge in [0.2, 0.25) is 0 Å². The molecule has 0 spiro atoms. The Kier molecular flexibility index (Phi) is 2.64. The molecular weight excluding hydrogens is 200 g/mol. The molecular formula is C9H16N2O2S. The van der Waals surface area contributed by atoms with Crippen LogP contribution in [0.1, 0.15) is 12.8 Å². The Morgan fingerprint density at radius 2 is 1.93 bits per heavy atom. The van der Waals surface area contributed by atoms with E-state index in [1.807, 2.05) is 0 Å². The van der Waals surface area contributed by atoms with Gasteiger partial charge in [0.25, 0.3) is 0 Å². The van der Waals surface area contributed by atoms with Crippen molar-refractivity contribution in [2.45, 2.75) is 24.9 Å². The lowest BCUT2D eigenvalue weighted by molar-refractivity contribution is 0.190. The predicted molar refractivity (Wildman–Crippen MR) is 55.5 cm³/mol. The lowest BCUT2D eigenvalue weighted by atomic mass is 10.0. The number of rotatable bonds is 1. The Hall–Kier alpha value is -0.390. The van der Waals surface area contributed by atoms with Gasteiger partial charge in [-0.2, -0.15) is 0 Å². The third kappa shape index (κ3) is 2.16. The third-order valence-corrected chi connectivity index (χ3v) is 4.33. The van der Waals surface area contributed by atoms with Crippen LogP contribution in [-0.2, 0) is 9.84 Å². The van der Waals surface area contributed by atoms with Gasteiger partial charge in [-0.1, -0.05) is 6.08 Å². The van der Waals surface area contributed by atoms with Crippen LogP contribution in [0.25, 0.3) is 0 Å². The molecule has 0 radical (unpaired) electrons. The molecule has 80 valence electrons. The van der Waals surface area contributed by atoms with Crippen molar-refractivity contribution in [2.24, 2.45) is 5.73 Å². The number of likely N-dealkylation sites (tertiary alicyclic amines) is 1. The Bertz CT molecular complexity index is 329. The summed E-state index contributed by atoms with van der Waals surface area (Å²) < 4.78 is 22.4. The monoisotopic (exact) mass is 216 g/mol. The highest BCUT2D eigenvalue weighted by molar-refractivity contribution is 7.94. The molecule has 2 aliphatic rings. The molecule has 0 saturated carbocycles. The van der Waals surface area contributed by atoms with E-state index in [2.05, 4.69) is 4.90 Å². The molecule has 1 fully saturated rings. The van der Waals surface area contributed by atoms with Gasteiger partial charge in [-0.3, -0.25) is 4.90 Å². The van der Waals surface area contributed by atoms with Crippen molar-refractivity contribution in [2.75, 3.05) is 18.8 Å². The Morgan fingerprint density at radius 1 is 1.29 bits per heavy atom. The average molecular weight is 216 g/mol. The SMILES string of the molecule is NC1CCN(C2C=CS(=O)(=O)C2)CC1. The number of hydrogen-bond donors (Lipinski definition) is 1. The summed E-state index contributed by atoms with van der Waals surface area (Å²) in [6.07, 6.45) is 3.75. The maximum Gasteiger partial charge on any atom is 0.173 e. The minimum atomic E-state index is -2.91. The van der Waals surface area contributed by atoms with Crippen LogP contribution in [0.2, 0.25) is 0 Å². The van der Waals surface area contributed by atoms with E-state index in [9.17, 15) is 8.42 Å². The van der Waals surface area contributed by atoms with Gasteiger partial charge in [0.1, 0.15) is 0 Å². The number of nitrogens with two attached hydrogens (primary N) is 1. The Labute approximate surface area is 84.7 Å². The Balaban J connectivity index is 1.95. The molecule has 1 saturated heterocycles. The van der Waals surface area contributed by atoms with Crippen molar-refractivity contribution < 1.29 is 8.42 Å². The molecule has 2 N–H and O–H groups in total. The zero-order valence-corrected chi connectivity index (χ0v) is 8.91. The normalized spacial score (nSPS) is 33.6. The first-order valence-corrected chi connectivity index (χ1v) is 6.69. The molecule has 0 bridgehead atoms. The van der Waals surface area contributed by atoms with Crippen LogP contribution in [0.4, 0.5) is 0 Å². The van der Waals surface area contributed by atoms with E-state index >= 15 is 0 Å². The summed E-state index contributed by atoms with van der Waals surface area (Å²) in [4.78, 5) is 2.21. The van der Waals surface area contributed by atoms with Crippen LogP contribution >= 0.6 is 0 Å². The summed E-state index contributed by atoms with van der Waals surface area (Å²) in [5, 5.41) is 1.34. The van der Waals surface area contributed by atoms with Crippen LogP contribution in [0, 0.1) is 0 Å². The molecule has 1 atom stereocenters. The standard InChI is InChI=1S/C9H16N2O2S/c10-8-1-4-11(5-2-8)9-3-6-14(12,13)7-9/h3,6,8-9H,1-2,4-5,7,10H2. The summed E-state index contributed by atoms with van der Waals surface area (Å²) in [5.74, 6) is 0.252. The fourth-order valence-corrected chi connectivity index (χ4v) is 3.37. The van der Waals surface area contributed by atoms with Crippen molar-refractivity contribution in [1.82, 2.24) is 4.90 Å². The highest BCUT2D eigenvalue weighted by atomic mass is 32.2. The molecule has 14 heavy (non-hydrogen) atoms. The van der Waals surface area contributed by atoms with Gasteiger partial charge in [-0.05, 0) is 12.8 Å². The topological polar surface area (TPSA) is 63.4 Å². The number of piperidine rings is 1. The molecule has 2 heterocycles. The van der Waals surface area contributed by atoms with Crippen molar-refractivity contribution in [3.63, 3.8) is 0 Å². The molecule has 4 nitrogen and oxygen atoms in total. The fourth-order valence-electron chi connectivity index (χ4n) is 2.04. The van der Waals surface area contributed by atoms with Gasteiger partial charge in [0.05, 0.1) is 5.75 Å². The van der Waals surface area contributed by atoms with E-state index in [0.717, 1.165) is 25.9 Å². The molecule has 2 rings (SSSR count). The van der Waals surface area contributed by atoms with Gasteiger partial charge in [-0.25, -0.2) is 8.42 Å². The second-order valence-electron chi connectivity index (χ2n) is 4.10. The summed E-state index contributed by atoms with van der Waals surface area (Å²) in [6, 6.07) is 0.390. The van der Waals surface area contributed by atoms with Gasteiger partial charge in [-0.15, -0.1) is 0 Å². The first-order valence-electron chi connectivity index (χ1n) is 4.97. The summed E-state index contributed by atoms with van der Waals surface area (Å²) in [7, 11) is -2.91. The van der Waals surface area contributed by atoms with Crippen molar-refractivity contribution in [3.05, 3.63) is 11.5 Å².